The molecule has 1 unspecified atom stereocenters. The monoisotopic (exact) mass is 158 g/mol. The van der Waals surface area contributed by atoms with Crippen LogP contribution in [-0.4, -0.2) is 28.6 Å². The van der Waals surface area contributed by atoms with E-state index < -0.39 is 23.5 Å². The van der Waals surface area contributed by atoms with Crippen LogP contribution in [0.3, 0.4) is 0 Å². The van der Waals surface area contributed by atoms with Crippen LogP contribution in [0.2, 0.25) is 0 Å². The van der Waals surface area contributed by atoms with Gasteiger partial charge >= 0.3 is 5.97 Å². The molecular formula is C7H10O4. The summed E-state index contributed by atoms with van der Waals surface area (Å²) < 4.78 is 4.71. The van der Waals surface area contributed by atoms with Gasteiger partial charge in [0.05, 0.1) is 6.42 Å². The smallest absolute Gasteiger partial charge is 0.309 e. The Labute approximate surface area is 64.2 Å². The third-order valence-corrected chi connectivity index (χ3v) is 1.63. The standard InChI is InChI=1S/C7H10O4/c1-7(2)6(10)4(8)3-5(9)11-7/h4,8H,3H2,1-2H3. The molecule has 0 saturated carbocycles. The minimum Gasteiger partial charge on any atom is -0.451 e. The quantitative estimate of drug-likeness (QED) is 0.489. The second-order valence-electron chi connectivity index (χ2n) is 3.07. The number of aliphatic hydroxyl groups excluding tert-OH is 1. The Morgan fingerprint density at radius 3 is 2.55 bits per heavy atom. The largest absolute Gasteiger partial charge is 0.451 e. The molecule has 0 bridgehead atoms. The van der Waals surface area contributed by atoms with E-state index in [1.165, 1.54) is 13.8 Å². The molecule has 0 amide bonds. The van der Waals surface area contributed by atoms with E-state index in [2.05, 4.69) is 0 Å². The van der Waals surface area contributed by atoms with E-state index in [1.54, 1.807) is 0 Å². The molecule has 1 rings (SSSR count). The van der Waals surface area contributed by atoms with Crippen LogP contribution >= 0.6 is 0 Å². The first-order chi connectivity index (χ1) is 4.93. The molecule has 0 spiro atoms. The highest BCUT2D eigenvalue weighted by molar-refractivity contribution is 5.97. The molecule has 1 atom stereocenters. The first-order valence-electron chi connectivity index (χ1n) is 3.38. The zero-order valence-corrected chi connectivity index (χ0v) is 6.46. The summed E-state index contributed by atoms with van der Waals surface area (Å²) in [5.74, 6) is -0.959. The predicted octanol–water partition coefficient (Wildman–Crippen LogP) is -0.358. The van der Waals surface area contributed by atoms with Crippen LogP contribution in [0.1, 0.15) is 20.3 Å². The molecule has 0 aromatic heterocycles. The molecule has 62 valence electrons. The fourth-order valence-electron chi connectivity index (χ4n) is 1.03. The van der Waals surface area contributed by atoms with E-state index in [0.717, 1.165) is 0 Å². The number of Topliss-reactive ketones (excluding diaryl/α,β-unsaturated/α-hetero) is 1. The minimum absolute atomic E-state index is 0.220. The van der Waals surface area contributed by atoms with E-state index in [4.69, 9.17) is 9.84 Å². The van der Waals surface area contributed by atoms with Crippen molar-refractivity contribution < 1.29 is 19.4 Å². The maximum absolute atomic E-state index is 11.1. The highest BCUT2D eigenvalue weighted by Gasteiger charge is 2.42. The van der Waals surface area contributed by atoms with Crippen molar-refractivity contribution in [2.45, 2.75) is 32.0 Å². The van der Waals surface area contributed by atoms with Gasteiger partial charge in [-0.1, -0.05) is 0 Å². The molecule has 1 saturated heterocycles. The molecule has 11 heavy (non-hydrogen) atoms. The molecule has 1 aliphatic rings. The van der Waals surface area contributed by atoms with Crippen molar-refractivity contribution in [3.05, 3.63) is 0 Å². The van der Waals surface area contributed by atoms with E-state index in [-0.39, 0.29) is 6.42 Å². The van der Waals surface area contributed by atoms with Crippen molar-refractivity contribution in [2.75, 3.05) is 0 Å². The normalized spacial score (nSPS) is 29.9. The van der Waals surface area contributed by atoms with Gasteiger partial charge in [0.1, 0.15) is 6.10 Å². The first-order valence-corrected chi connectivity index (χ1v) is 3.38. The Balaban J connectivity index is 2.83. The molecule has 1 fully saturated rings. The number of aliphatic hydroxyl groups is 1. The van der Waals surface area contributed by atoms with Crippen molar-refractivity contribution in [3.63, 3.8) is 0 Å². The van der Waals surface area contributed by atoms with Gasteiger partial charge in [0.2, 0.25) is 5.78 Å². The second-order valence-corrected chi connectivity index (χ2v) is 3.07. The molecule has 0 aromatic rings. The third kappa shape index (κ3) is 1.40. The molecule has 1 N–H and O–H groups in total. The fourth-order valence-corrected chi connectivity index (χ4v) is 1.03. The number of esters is 1. The summed E-state index contributed by atoms with van der Waals surface area (Å²) in [6.07, 6.45) is -1.41. The van der Waals surface area contributed by atoms with Crippen LogP contribution in [-0.2, 0) is 14.3 Å². The summed E-state index contributed by atoms with van der Waals surface area (Å²) in [4.78, 5) is 21.8. The van der Waals surface area contributed by atoms with Gasteiger partial charge < -0.3 is 9.84 Å². The molecule has 1 heterocycles. The van der Waals surface area contributed by atoms with E-state index in [1.807, 2.05) is 0 Å². The van der Waals surface area contributed by atoms with Crippen molar-refractivity contribution in [2.24, 2.45) is 0 Å². The molecule has 4 nitrogen and oxygen atoms in total. The van der Waals surface area contributed by atoms with Crippen molar-refractivity contribution >= 4 is 11.8 Å². The van der Waals surface area contributed by atoms with Crippen LogP contribution in [0.4, 0.5) is 0 Å². The highest BCUT2D eigenvalue weighted by atomic mass is 16.6. The fraction of sp³-hybridized carbons (Fsp3) is 0.714. The van der Waals surface area contributed by atoms with Gasteiger partial charge in [0, 0.05) is 0 Å². The first kappa shape index (κ1) is 8.20. The van der Waals surface area contributed by atoms with E-state index >= 15 is 0 Å². The van der Waals surface area contributed by atoms with Crippen molar-refractivity contribution in [3.8, 4) is 0 Å². The van der Waals surface area contributed by atoms with Crippen LogP contribution in [0, 0.1) is 0 Å². The van der Waals surface area contributed by atoms with Crippen LogP contribution in [0.15, 0.2) is 0 Å². The lowest BCUT2D eigenvalue weighted by atomic mass is 9.94. The number of hydrogen-bond acceptors (Lipinski definition) is 4. The van der Waals surface area contributed by atoms with Gasteiger partial charge in [0.15, 0.2) is 5.60 Å². The number of ether oxygens (including phenoxy) is 1. The number of rotatable bonds is 0. The Bertz CT molecular complexity index is 206. The Kier molecular flexibility index (Phi) is 1.72. The Morgan fingerprint density at radius 2 is 2.09 bits per heavy atom. The van der Waals surface area contributed by atoms with E-state index in [9.17, 15) is 9.59 Å². The zero-order chi connectivity index (χ0) is 8.65. The summed E-state index contributed by atoms with van der Waals surface area (Å²) >= 11 is 0. The van der Waals surface area contributed by atoms with Crippen molar-refractivity contribution in [1.82, 2.24) is 0 Å². The molecule has 0 radical (unpaired) electrons. The second kappa shape index (κ2) is 2.30. The van der Waals surface area contributed by atoms with Gasteiger partial charge in [-0.25, -0.2) is 0 Å². The summed E-state index contributed by atoms with van der Waals surface area (Å²) in [5.41, 5.74) is -1.16. The Morgan fingerprint density at radius 1 is 1.55 bits per heavy atom. The number of ketones is 1. The third-order valence-electron chi connectivity index (χ3n) is 1.63. The van der Waals surface area contributed by atoms with Crippen LogP contribution in [0.25, 0.3) is 0 Å². The van der Waals surface area contributed by atoms with Gasteiger partial charge in [-0.3, -0.25) is 9.59 Å². The van der Waals surface area contributed by atoms with Gasteiger partial charge in [-0.2, -0.15) is 0 Å². The summed E-state index contributed by atoms with van der Waals surface area (Å²) in [5, 5.41) is 9.03. The number of carbonyl (C=O) groups excluding carboxylic acids is 2. The predicted molar refractivity (Wildman–Crippen MR) is 35.8 cm³/mol. The average Bonchev–Trinajstić information content (AvgIpc) is 1.81. The topological polar surface area (TPSA) is 63.6 Å². The molecule has 1 aliphatic heterocycles. The Hall–Kier alpha value is -0.900. The van der Waals surface area contributed by atoms with Crippen molar-refractivity contribution in [1.29, 1.82) is 0 Å². The maximum atomic E-state index is 11.1. The number of hydrogen-bond donors (Lipinski definition) is 1. The SMILES string of the molecule is CC1(C)OC(=O)CC(O)C1=O. The number of cyclic esters (lactones) is 1. The highest BCUT2D eigenvalue weighted by Crippen LogP contribution is 2.21. The summed E-state index contributed by atoms with van der Waals surface area (Å²) in [7, 11) is 0. The minimum atomic E-state index is -1.19. The van der Waals surface area contributed by atoms with Gasteiger partial charge in [-0.05, 0) is 13.8 Å². The molecule has 4 heteroatoms. The zero-order valence-electron chi connectivity index (χ0n) is 6.46. The van der Waals surface area contributed by atoms with Gasteiger partial charge in [-0.15, -0.1) is 0 Å². The molecule has 0 aromatic carbocycles. The lowest BCUT2D eigenvalue weighted by Crippen LogP contribution is -2.49. The maximum Gasteiger partial charge on any atom is 0.309 e. The summed E-state index contributed by atoms with van der Waals surface area (Å²) in [6.45, 7) is 2.94. The van der Waals surface area contributed by atoms with E-state index in [0.29, 0.717) is 0 Å². The van der Waals surface area contributed by atoms with Crippen LogP contribution in [0.5, 0.6) is 0 Å². The molecular weight excluding hydrogens is 148 g/mol. The van der Waals surface area contributed by atoms with Gasteiger partial charge in [0.25, 0.3) is 0 Å². The molecule has 0 aliphatic carbocycles. The van der Waals surface area contributed by atoms with Crippen LogP contribution < -0.4 is 0 Å². The lowest BCUT2D eigenvalue weighted by molar-refractivity contribution is -0.178. The summed E-state index contributed by atoms with van der Waals surface area (Å²) in [6, 6.07) is 0. The number of carbonyl (C=O) groups is 2. The lowest BCUT2D eigenvalue weighted by Gasteiger charge is -2.30. The average molecular weight is 158 g/mol.